The monoisotopic (exact) mass is 469 g/mol. The fraction of sp³-hybridized carbons (Fsp3) is 0.211. The third-order valence-corrected chi connectivity index (χ3v) is 4.65. The molecule has 3 aromatic rings. The van der Waals surface area contributed by atoms with Crippen LogP contribution in [0.4, 0.5) is 13.2 Å². The number of aryl methyl sites for hydroxylation is 1. The SMILES string of the molecule is CCn1nc(C(=O)NNC(=O)Cn2cc(C(F)(F)F)cc(Cl)c2=O)c2ccccc2c1=O. The number of alkyl halides is 3. The summed E-state index contributed by atoms with van der Waals surface area (Å²) in [6.07, 6.45) is -4.33. The van der Waals surface area contributed by atoms with Gasteiger partial charge in [-0.3, -0.25) is 30.0 Å². The van der Waals surface area contributed by atoms with Crippen molar-refractivity contribution in [3.05, 3.63) is 73.5 Å². The van der Waals surface area contributed by atoms with E-state index in [1.165, 1.54) is 12.1 Å². The average molecular weight is 470 g/mol. The molecular formula is C19H15ClF3N5O4. The molecule has 0 fully saturated rings. The van der Waals surface area contributed by atoms with Gasteiger partial charge >= 0.3 is 6.18 Å². The van der Waals surface area contributed by atoms with E-state index in [2.05, 4.69) is 10.5 Å². The van der Waals surface area contributed by atoms with Crippen molar-refractivity contribution in [1.82, 2.24) is 25.2 Å². The van der Waals surface area contributed by atoms with Crippen LogP contribution in [0.3, 0.4) is 0 Å². The van der Waals surface area contributed by atoms with E-state index in [0.717, 1.165) is 4.68 Å². The summed E-state index contributed by atoms with van der Waals surface area (Å²) in [5.74, 6) is -1.87. The van der Waals surface area contributed by atoms with Gasteiger partial charge in [0.15, 0.2) is 5.69 Å². The molecule has 0 aliphatic carbocycles. The molecule has 3 rings (SSSR count). The molecule has 0 saturated heterocycles. The Morgan fingerprint density at radius 2 is 1.75 bits per heavy atom. The highest BCUT2D eigenvalue weighted by molar-refractivity contribution is 6.30. The number of amides is 2. The number of hydrazine groups is 1. The Hall–Kier alpha value is -3.67. The molecule has 2 amide bonds. The first kappa shape index (κ1) is 23.0. The number of benzene rings is 1. The molecule has 2 heterocycles. The highest BCUT2D eigenvalue weighted by atomic mass is 35.5. The molecule has 0 unspecified atom stereocenters. The number of fused-ring (bicyclic) bond motifs is 1. The molecule has 168 valence electrons. The van der Waals surface area contributed by atoms with Crippen LogP contribution < -0.4 is 22.0 Å². The standard InChI is InChI=1S/C19H15ClF3N5O4/c1-2-28-17(31)12-6-4-3-5-11(12)15(26-28)16(30)25-24-14(29)9-27-8-10(19(21,22)23)7-13(20)18(27)32/h3-8H,2,9H2,1H3,(H,24,29)(H,25,30). The van der Waals surface area contributed by atoms with Gasteiger partial charge in [-0.05, 0) is 19.1 Å². The van der Waals surface area contributed by atoms with Gasteiger partial charge in [-0.1, -0.05) is 29.8 Å². The van der Waals surface area contributed by atoms with Crippen LogP contribution in [0.25, 0.3) is 10.8 Å². The van der Waals surface area contributed by atoms with E-state index in [9.17, 15) is 32.3 Å². The minimum absolute atomic E-state index is 0.151. The molecule has 0 aliphatic heterocycles. The summed E-state index contributed by atoms with van der Waals surface area (Å²) in [6, 6.07) is 6.69. The molecule has 0 spiro atoms. The predicted octanol–water partition coefficient (Wildman–Crippen LogP) is 1.71. The van der Waals surface area contributed by atoms with E-state index in [1.807, 2.05) is 5.43 Å². The highest BCUT2D eigenvalue weighted by Crippen LogP contribution is 2.29. The second kappa shape index (κ2) is 8.83. The summed E-state index contributed by atoms with van der Waals surface area (Å²) in [6.45, 7) is 1.01. The average Bonchev–Trinajstić information content (AvgIpc) is 2.75. The van der Waals surface area contributed by atoms with Crippen LogP contribution in [0.15, 0.2) is 46.1 Å². The number of halogens is 4. The summed E-state index contributed by atoms with van der Waals surface area (Å²) in [4.78, 5) is 49.0. The van der Waals surface area contributed by atoms with Crippen molar-refractivity contribution < 1.29 is 22.8 Å². The largest absolute Gasteiger partial charge is 0.417 e. The van der Waals surface area contributed by atoms with E-state index in [0.29, 0.717) is 16.8 Å². The van der Waals surface area contributed by atoms with Crippen molar-refractivity contribution >= 4 is 34.2 Å². The second-order valence-electron chi connectivity index (χ2n) is 6.52. The third-order valence-electron chi connectivity index (χ3n) is 4.38. The van der Waals surface area contributed by atoms with Gasteiger partial charge in [-0.2, -0.15) is 18.3 Å². The summed E-state index contributed by atoms with van der Waals surface area (Å²) in [5.41, 5.74) is 1.30. The van der Waals surface area contributed by atoms with Crippen LogP contribution in [0.2, 0.25) is 5.02 Å². The first-order valence-electron chi connectivity index (χ1n) is 9.09. The normalized spacial score (nSPS) is 11.4. The lowest BCUT2D eigenvalue weighted by Gasteiger charge is -2.13. The van der Waals surface area contributed by atoms with Crippen LogP contribution in [0, 0.1) is 0 Å². The van der Waals surface area contributed by atoms with Gasteiger partial charge < -0.3 is 4.57 Å². The van der Waals surface area contributed by atoms with Crippen LogP contribution in [-0.4, -0.2) is 26.2 Å². The number of nitrogens with one attached hydrogen (secondary N) is 2. The van der Waals surface area contributed by atoms with Crippen molar-refractivity contribution in [3.8, 4) is 0 Å². The topological polar surface area (TPSA) is 115 Å². The quantitative estimate of drug-likeness (QED) is 0.564. The Kier molecular flexibility index (Phi) is 6.35. The lowest BCUT2D eigenvalue weighted by atomic mass is 10.1. The Morgan fingerprint density at radius 1 is 1.09 bits per heavy atom. The lowest BCUT2D eigenvalue weighted by molar-refractivity contribution is -0.138. The van der Waals surface area contributed by atoms with Crippen molar-refractivity contribution in [2.24, 2.45) is 0 Å². The van der Waals surface area contributed by atoms with E-state index in [4.69, 9.17) is 11.6 Å². The lowest BCUT2D eigenvalue weighted by Crippen LogP contribution is -2.45. The van der Waals surface area contributed by atoms with Crippen molar-refractivity contribution in [3.63, 3.8) is 0 Å². The molecule has 0 aliphatic rings. The summed E-state index contributed by atoms with van der Waals surface area (Å²) in [7, 11) is 0. The predicted molar refractivity (Wildman–Crippen MR) is 108 cm³/mol. The smallest absolute Gasteiger partial charge is 0.304 e. The molecule has 13 heteroatoms. The Bertz CT molecular complexity index is 1330. The minimum Gasteiger partial charge on any atom is -0.304 e. The van der Waals surface area contributed by atoms with Gasteiger partial charge in [-0.15, -0.1) is 0 Å². The maximum atomic E-state index is 12.9. The number of hydrogen-bond acceptors (Lipinski definition) is 5. The second-order valence-corrected chi connectivity index (χ2v) is 6.93. The van der Waals surface area contributed by atoms with Gasteiger partial charge in [0.2, 0.25) is 0 Å². The van der Waals surface area contributed by atoms with Crippen LogP contribution in [0.1, 0.15) is 23.0 Å². The number of rotatable bonds is 4. The molecule has 2 aromatic heterocycles. The number of nitrogens with zero attached hydrogens (tertiary/aromatic N) is 3. The Morgan fingerprint density at radius 3 is 2.38 bits per heavy atom. The first-order chi connectivity index (χ1) is 15.0. The van der Waals surface area contributed by atoms with Crippen LogP contribution in [0.5, 0.6) is 0 Å². The van der Waals surface area contributed by atoms with Crippen molar-refractivity contribution in [2.75, 3.05) is 0 Å². The minimum atomic E-state index is -4.78. The molecular weight excluding hydrogens is 455 g/mol. The van der Waals surface area contributed by atoms with Gasteiger partial charge in [0.25, 0.3) is 22.9 Å². The number of aromatic nitrogens is 3. The van der Waals surface area contributed by atoms with Gasteiger partial charge in [0, 0.05) is 18.1 Å². The fourth-order valence-electron chi connectivity index (χ4n) is 2.87. The number of carbonyl (C=O) groups excluding carboxylic acids is 2. The molecule has 0 saturated carbocycles. The zero-order valence-electron chi connectivity index (χ0n) is 16.4. The Labute approximate surface area is 182 Å². The van der Waals surface area contributed by atoms with Gasteiger partial charge in [-0.25, -0.2) is 4.68 Å². The summed E-state index contributed by atoms with van der Waals surface area (Å²) < 4.78 is 40.3. The van der Waals surface area contributed by atoms with E-state index in [-0.39, 0.29) is 23.0 Å². The fourth-order valence-corrected chi connectivity index (χ4v) is 3.09. The zero-order chi connectivity index (χ0) is 23.6. The molecule has 0 bridgehead atoms. The van der Waals surface area contributed by atoms with E-state index in [1.54, 1.807) is 19.1 Å². The highest BCUT2D eigenvalue weighted by Gasteiger charge is 2.32. The molecule has 0 atom stereocenters. The zero-order valence-corrected chi connectivity index (χ0v) is 17.1. The Balaban J connectivity index is 1.80. The number of pyridine rings is 1. The number of hydrogen-bond donors (Lipinski definition) is 2. The number of carbonyl (C=O) groups is 2. The first-order valence-corrected chi connectivity index (χ1v) is 9.47. The maximum absolute atomic E-state index is 12.9. The third kappa shape index (κ3) is 4.64. The van der Waals surface area contributed by atoms with Crippen LogP contribution in [-0.2, 0) is 24.1 Å². The summed E-state index contributed by atoms with van der Waals surface area (Å²) >= 11 is 5.54. The summed E-state index contributed by atoms with van der Waals surface area (Å²) in [5, 5.41) is 3.76. The van der Waals surface area contributed by atoms with Crippen molar-refractivity contribution in [1.29, 1.82) is 0 Å². The van der Waals surface area contributed by atoms with E-state index >= 15 is 0 Å². The van der Waals surface area contributed by atoms with E-state index < -0.39 is 46.2 Å². The van der Waals surface area contributed by atoms with Gasteiger partial charge in [0.1, 0.15) is 11.6 Å². The van der Waals surface area contributed by atoms with Crippen molar-refractivity contribution in [2.45, 2.75) is 26.2 Å². The molecule has 9 nitrogen and oxygen atoms in total. The maximum Gasteiger partial charge on any atom is 0.417 e. The van der Waals surface area contributed by atoms with Crippen LogP contribution >= 0.6 is 11.6 Å². The van der Waals surface area contributed by atoms with Gasteiger partial charge in [0.05, 0.1) is 10.9 Å². The molecule has 32 heavy (non-hydrogen) atoms. The molecule has 1 aromatic carbocycles. The molecule has 0 radical (unpaired) electrons. The molecule has 2 N–H and O–H groups in total.